The highest BCUT2D eigenvalue weighted by molar-refractivity contribution is 9.10. The van der Waals surface area contributed by atoms with Crippen LogP contribution in [-0.2, 0) is 6.54 Å². The Morgan fingerprint density at radius 1 is 1.14 bits per heavy atom. The van der Waals surface area contributed by atoms with Gasteiger partial charge >= 0.3 is 0 Å². The molecule has 0 aliphatic rings. The lowest BCUT2D eigenvalue weighted by molar-refractivity contribution is 0.544. The molecule has 0 aliphatic heterocycles. The third-order valence-electron chi connectivity index (χ3n) is 3.14. The molecule has 0 saturated heterocycles. The topological polar surface area (TPSA) is 12.0 Å². The monoisotopic (exact) mass is 409 g/mol. The van der Waals surface area contributed by atoms with Crippen molar-refractivity contribution in [3.05, 3.63) is 66.8 Å². The van der Waals surface area contributed by atoms with Crippen molar-refractivity contribution in [2.45, 2.75) is 19.5 Å². The maximum Gasteiger partial charge on any atom is 0.127 e. The summed E-state index contributed by atoms with van der Waals surface area (Å²) in [5, 5.41) is 4.38. The molecule has 1 N–H and O–H groups in total. The van der Waals surface area contributed by atoms with Crippen LogP contribution in [0.2, 0.25) is 15.1 Å². The van der Waals surface area contributed by atoms with E-state index in [1.807, 2.05) is 13.0 Å². The van der Waals surface area contributed by atoms with E-state index in [9.17, 15) is 4.39 Å². The van der Waals surface area contributed by atoms with Gasteiger partial charge in [0.05, 0.1) is 15.1 Å². The van der Waals surface area contributed by atoms with Crippen molar-refractivity contribution >= 4 is 50.7 Å². The minimum Gasteiger partial charge on any atom is -0.306 e. The van der Waals surface area contributed by atoms with Gasteiger partial charge in [-0.25, -0.2) is 4.39 Å². The predicted octanol–water partition coefficient (Wildman–Crippen LogP) is 6.40. The summed E-state index contributed by atoms with van der Waals surface area (Å²) in [5.41, 5.74) is 1.40. The summed E-state index contributed by atoms with van der Waals surface area (Å²) in [6, 6.07) is 8.25. The van der Waals surface area contributed by atoms with Gasteiger partial charge in [0.15, 0.2) is 0 Å². The van der Waals surface area contributed by atoms with E-state index >= 15 is 0 Å². The molecule has 1 atom stereocenters. The van der Waals surface area contributed by atoms with Gasteiger partial charge in [-0.2, -0.15) is 0 Å². The van der Waals surface area contributed by atoms with Crippen molar-refractivity contribution in [1.29, 1.82) is 0 Å². The van der Waals surface area contributed by atoms with E-state index in [1.54, 1.807) is 18.2 Å². The van der Waals surface area contributed by atoms with Crippen molar-refractivity contribution in [3.8, 4) is 0 Å². The standard InChI is InChI=1S/C15H12BrCl3FN/c1-8(11-3-4-12(17)15(19)14(11)18)21-7-9-6-10(16)2-5-13(9)20/h2-6,8,21H,7H2,1H3. The van der Waals surface area contributed by atoms with Crippen molar-refractivity contribution in [1.82, 2.24) is 5.32 Å². The number of nitrogens with one attached hydrogen (secondary N) is 1. The van der Waals surface area contributed by atoms with Gasteiger partial charge in [0.2, 0.25) is 0 Å². The predicted molar refractivity (Wildman–Crippen MR) is 90.8 cm³/mol. The second kappa shape index (κ2) is 7.30. The van der Waals surface area contributed by atoms with Crippen LogP contribution in [0.1, 0.15) is 24.1 Å². The molecule has 0 amide bonds. The lowest BCUT2D eigenvalue weighted by atomic mass is 10.1. The van der Waals surface area contributed by atoms with E-state index in [2.05, 4.69) is 21.2 Å². The molecule has 1 unspecified atom stereocenters. The number of hydrogen-bond acceptors (Lipinski definition) is 1. The normalized spacial score (nSPS) is 12.5. The van der Waals surface area contributed by atoms with Gasteiger partial charge < -0.3 is 5.32 Å². The van der Waals surface area contributed by atoms with E-state index in [0.717, 1.165) is 10.0 Å². The van der Waals surface area contributed by atoms with E-state index in [0.29, 0.717) is 27.2 Å². The fourth-order valence-corrected chi connectivity index (χ4v) is 3.04. The first kappa shape index (κ1) is 17.0. The third kappa shape index (κ3) is 4.11. The molecule has 0 aromatic heterocycles. The number of halogens is 5. The Balaban J connectivity index is 2.14. The summed E-state index contributed by atoms with van der Waals surface area (Å²) in [4.78, 5) is 0. The molecular weight excluding hydrogens is 399 g/mol. The second-order valence-electron chi connectivity index (χ2n) is 4.60. The van der Waals surface area contributed by atoms with E-state index < -0.39 is 0 Å². The quantitative estimate of drug-likeness (QED) is 0.574. The smallest absolute Gasteiger partial charge is 0.127 e. The van der Waals surface area contributed by atoms with Crippen LogP contribution in [0.5, 0.6) is 0 Å². The lowest BCUT2D eigenvalue weighted by Gasteiger charge is -2.17. The molecule has 112 valence electrons. The van der Waals surface area contributed by atoms with Crippen LogP contribution in [0.3, 0.4) is 0 Å². The third-order valence-corrected chi connectivity index (χ3v) is 4.94. The first-order chi connectivity index (χ1) is 9.90. The van der Waals surface area contributed by atoms with Crippen LogP contribution in [0.15, 0.2) is 34.8 Å². The number of hydrogen-bond donors (Lipinski definition) is 1. The highest BCUT2D eigenvalue weighted by Crippen LogP contribution is 2.35. The molecule has 2 aromatic carbocycles. The van der Waals surface area contributed by atoms with Crippen molar-refractivity contribution in [2.75, 3.05) is 0 Å². The molecule has 0 aliphatic carbocycles. The van der Waals surface area contributed by atoms with Gasteiger partial charge in [-0.15, -0.1) is 0 Å². The van der Waals surface area contributed by atoms with Crippen LogP contribution in [0.4, 0.5) is 4.39 Å². The van der Waals surface area contributed by atoms with Crippen LogP contribution in [-0.4, -0.2) is 0 Å². The van der Waals surface area contributed by atoms with Gasteiger partial charge in [0, 0.05) is 22.6 Å². The van der Waals surface area contributed by atoms with E-state index in [-0.39, 0.29) is 11.9 Å². The van der Waals surface area contributed by atoms with Crippen LogP contribution in [0, 0.1) is 5.82 Å². The van der Waals surface area contributed by atoms with Crippen LogP contribution < -0.4 is 5.32 Å². The largest absolute Gasteiger partial charge is 0.306 e. The van der Waals surface area contributed by atoms with Crippen LogP contribution >= 0.6 is 50.7 Å². The summed E-state index contributed by atoms with van der Waals surface area (Å²) in [7, 11) is 0. The van der Waals surface area contributed by atoms with Crippen molar-refractivity contribution in [2.24, 2.45) is 0 Å². The minimum atomic E-state index is -0.252. The SMILES string of the molecule is CC(NCc1cc(Br)ccc1F)c1ccc(Cl)c(Cl)c1Cl. The fourth-order valence-electron chi connectivity index (χ4n) is 1.93. The van der Waals surface area contributed by atoms with Crippen molar-refractivity contribution in [3.63, 3.8) is 0 Å². The molecule has 0 spiro atoms. The minimum absolute atomic E-state index is 0.0920. The van der Waals surface area contributed by atoms with E-state index in [4.69, 9.17) is 34.8 Å². The zero-order chi connectivity index (χ0) is 15.6. The average Bonchev–Trinajstić information content (AvgIpc) is 2.45. The second-order valence-corrected chi connectivity index (χ2v) is 6.68. The highest BCUT2D eigenvalue weighted by atomic mass is 79.9. The molecule has 21 heavy (non-hydrogen) atoms. The molecule has 0 heterocycles. The molecule has 0 saturated carbocycles. The molecular formula is C15H12BrCl3FN. The summed E-state index contributed by atoms with van der Waals surface area (Å²) in [6.45, 7) is 2.31. The Morgan fingerprint density at radius 2 is 1.86 bits per heavy atom. The van der Waals surface area contributed by atoms with Gasteiger partial charge in [0.1, 0.15) is 5.82 Å². The molecule has 0 bridgehead atoms. The van der Waals surface area contributed by atoms with Gasteiger partial charge in [-0.05, 0) is 36.8 Å². The van der Waals surface area contributed by atoms with Gasteiger partial charge in [0.25, 0.3) is 0 Å². The average molecular weight is 412 g/mol. The van der Waals surface area contributed by atoms with Gasteiger partial charge in [-0.1, -0.05) is 56.8 Å². The maximum atomic E-state index is 13.7. The van der Waals surface area contributed by atoms with Crippen molar-refractivity contribution < 1.29 is 4.39 Å². The molecule has 1 nitrogen and oxygen atoms in total. The first-order valence-corrected chi connectivity index (χ1v) is 8.13. The fraction of sp³-hybridized carbons (Fsp3) is 0.200. The summed E-state index contributed by atoms with van der Waals surface area (Å²) >= 11 is 21.5. The zero-order valence-corrected chi connectivity index (χ0v) is 14.9. The first-order valence-electron chi connectivity index (χ1n) is 6.21. The summed E-state index contributed by atoms with van der Waals surface area (Å²) < 4.78 is 14.5. The molecule has 6 heteroatoms. The Kier molecular flexibility index (Phi) is 5.92. The molecule has 2 aromatic rings. The Bertz CT molecular complexity index is 664. The Morgan fingerprint density at radius 3 is 2.57 bits per heavy atom. The summed E-state index contributed by atoms with van der Waals surface area (Å²) in [5.74, 6) is -0.252. The Hall–Kier alpha value is -0.320. The maximum absolute atomic E-state index is 13.7. The Labute approximate surface area is 146 Å². The summed E-state index contributed by atoms with van der Waals surface area (Å²) in [6.07, 6.45) is 0. The molecule has 2 rings (SSSR count). The van der Waals surface area contributed by atoms with E-state index in [1.165, 1.54) is 6.07 Å². The number of benzene rings is 2. The zero-order valence-electron chi connectivity index (χ0n) is 11.1. The number of rotatable bonds is 4. The highest BCUT2D eigenvalue weighted by Gasteiger charge is 2.14. The lowest BCUT2D eigenvalue weighted by Crippen LogP contribution is -2.19. The molecule has 0 radical (unpaired) electrons. The molecule has 0 fully saturated rings. The van der Waals surface area contributed by atoms with Gasteiger partial charge in [-0.3, -0.25) is 0 Å². The van der Waals surface area contributed by atoms with Crippen LogP contribution in [0.25, 0.3) is 0 Å².